The van der Waals surface area contributed by atoms with Crippen LogP contribution in [0, 0.1) is 5.82 Å². The first-order valence-electron chi connectivity index (χ1n) is 7.61. The fourth-order valence-electron chi connectivity index (χ4n) is 2.70. The molecule has 122 valence electrons. The molecule has 1 aromatic carbocycles. The number of likely N-dealkylation sites (tertiary alicyclic amines) is 1. The number of hydrogen-bond acceptors (Lipinski definition) is 5. The highest BCUT2D eigenvalue weighted by atomic mass is 19.1. The molecule has 0 saturated carbocycles. The molecule has 1 atom stereocenters. The van der Waals surface area contributed by atoms with Crippen LogP contribution in [0.15, 0.2) is 28.8 Å². The molecule has 0 N–H and O–H groups in total. The Hall–Kier alpha value is -2.44. The molecular weight excluding hydrogens is 301 g/mol. The Morgan fingerprint density at radius 2 is 2.22 bits per heavy atom. The second-order valence-electron chi connectivity index (χ2n) is 5.47. The van der Waals surface area contributed by atoms with E-state index in [2.05, 4.69) is 10.1 Å². The number of rotatable bonds is 5. The zero-order chi connectivity index (χ0) is 16.2. The molecule has 2 aromatic rings. The summed E-state index contributed by atoms with van der Waals surface area (Å²) < 4.78 is 23.6. The molecular formula is C16H18FN3O3. The number of carbonyl (C=O) groups excluding carboxylic acids is 1. The lowest BCUT2D eigenvalue weighted by Crippen LogP contribution is -2.28. The van der Waals surface area contributed by atoms with Gasteiger partial charge in [0.2, 0.25) is 11.8 Å². The van der Waals surface area contributed by atoms with Gasteiger partial charge >= 0.3 is 0 Å². The summed E-state index contributed by atoms with van der Waals surface area (Å²) >= 11 is 0. The molecule has 1 fully saturated rings. The zero-order valence-corrected chi connectivity index (χ0v) is 12.9. The van der Waals surface area contributed by atoms with Crippen LogP contribution in [0.4, 0.5) is 4.39 Å². The Morgan fingerprint density at radius 3 is 2.96 bits per heavy atom. The number of halogens is 1. The predicted molar refractivity (Wildman–Crippen MR) is 79.3 cm³/mol. The van der Waals surface area contributed by atoms with Crippen LogP contribution in [0.2, 0.25) is 0 Å². The van der Waals surface area contributed by atoms with Crippen molar-refractivity contribution in [1.29, 1.82) is 0 Å². The molecule has 1 aromatic heterocycles. The number of aromatic nitrogens is 2. The van der Waals surface area contributed by atoms with Gasteiger partial charge in [0.15, 0.2) is 5.82 Å². The first-order chi connectivity index (χ1) is 11.1. The van der Waals surface area contributed by atoms with E-state index in [1.165, 1.54) is 12.1 Å². The van der Waals surface area contributed by atoms with E-state index in [0.717, 1.165) is 19.4 Å². The molecule has 1 amide bonds. The standard InChI is InChI=1S/C16H18FN3O3/c1-11(21)20-9-2-3-14(20)16-18-15(19-23-16)8-10-22-13-6-4-12(17)5-7-13/h4-7,14H,2-3,8-10H2,1H3/t14-/m0/s1. The van der Waals surface area contributed by atoms with Crippen molar-refractivity contribution in [3.05, 3.63) is 41.8 Å². The summed E-state index contributed by atoms with van der Waals surface area (Å²) in [5.74, 6) is 1.33. The van der Waals surface area contributed by atoms with Gasteiger partial charge < -0.3 is 14.2 Å². The van der Waals surface area contributed by atoms with Gasteiger partial charge in [0.1, 0.15) is 17.6 Å². The molecule has 7 heteroatoms. The average Bonchev–Trinajstić information content (AvgIpc) is 3.17. The minimum Gasteiger partial charge on any atom is -0.493 e. The number of ether oxygens (including phenoxy) is 1. The van der Waals surface area contributed by atoms with Gasteiger partial charge in [0.25, 0.3) is 0 Å². The lowest BCUT2D eigenvalue weighted by molar-refractivity contribution is -0.130. The fraction of sp³-hybridized carbons (Fsp3) is 0.438. The van der Waals surface area contributed by atoms with E-state index in [-0.39, 0.29) is 17.8 Å². The van der Waals surface area contributed by atoms with Crippen molar-refractivity contribution in [2.45, 2.75) is 32.2 Å². The first-order valence-corrected chi connectivity index (χ1v) is 7.61. The summed E-state index contributed by atoms with van der Waals surface area (Å²) in [6.07, 6.45) is 2.26. The third-order valence-corrected chi connectivity index (χ3v) is 3.83. The van der Waals surface area contributed by atoms with E-state index in [4.69, 9.17) is 9.26 Å². The van der Waals surface area contributed by atoms with Gasteiger partial charge in [-0.15, -0.1) is 0 Å². The van der Waals surface area contributed by atoms with Crippen LogP contribution in [-0.2, 0) is 11.2 Å². The maximum absolute atomic E-state index is 12.8. The fourth-order valence-corrected chi connectivity index (χ4v) is 2.70. The molecule has 0 spiro atoms. The molecule has 2 heterocycles. The average molecular weight is 319 g/mol. The molecule has 0 unspecified atom stereocenters. The van der Waals surface area contributed by atoms with E-state index < -0.39 is 0 Å². The van der Waals surface area contributed by atoms with Gasteiger partial charge in [-0.25, -0.2) is 4.39 Å². The Kier molecular flexibility index (Phi) is 4.55. The van der Waals surface area contributed by atoms with Crippen molar-refractivity contribution in [2.75, 3.05) is 13.2 Å². The molecule has 0 bridgehead atoms. The largest absolute Gasteiger partial charge is 0.493 e. The Labute approximate surface area is 133 Å². The third kappa shape index (κ3) is 3.67. The van der Waals surface area contributed by atoms with E-state index in [9.17, 15) is 9.18 Å². The summed E-state index contributed by atoms with van der Waals surface area (Å²) in [5, 5.41) is 3.94. The van der Waals surface area contributed by atoms with E-state index in [0.29, 0.717) is 30.5 Å². The van der Waals surface area contributed by atoms with Crippen molar-refractivity contribution < 1.29 is 18.4 Å². The molecule has 6 nitrogen and oxygen atoms in total. The van der Waals surface area contributed by atoms with Crippen LogP contribution in [0.3, 0.4) is 0 Å². The Morgan fingerprint density at radius 1 is 1.43 bits per heavy atom. The number of benzene rings is 1. The number of carbonyl (C=O) groups is 1. The van der Waals surface area contributed by atoms with Crippen LogP contribution in [0.5, 0.6) is 5.75 Å². The van der Waals surface area contributed by atoms with E-state index in [1.54, 1.807) is 24.0 Å². The lowest BCUT2D eigenvalue weighted by Gasteiger charge is -2.19. The van der Waals surface area contributed by atoms with Crippen LogP contribution in [-0.4, -0.2) is 34.1 Å². The van der Waals surface area contributed by atoms with Gasteiger partial charge in [-0.1, -0.05) is 5.16 Å². The van der Waals surface area contributed by atoms with Crippen molar-refractivity contribution in [3.63, 3.8) is 0 Å². The molecule has 0 radical (unpaired) electrons. The predicted octanol–water partition coefficient (Wildman–Crippen LogP) is 2.51. The van der Waals surface area contributed by atoms with Gasteiger partial charge in [0.05, 0.1) is 6.61 Å². The normalized spacial score (nSPS) is 17.5. The number of amides is 1. The Balaban J connectivity index is 1.55. The van der Waals surface area contributed by atoms with E-state index >= 15 is 0 Å². The summed E-state index contributed by atoms with van der Waals surface area (Å²) in [7, 11) is 0. The highest BCUT2D eigenvalue weighted by Gasteiger charge is 2.32. The molecule has 1 aliphatic heterocycles. The van der Waals surface area contributed by atoms with Crippen LogP contribution in [0.1, 0.15) is 37.5 Å². The quantitative estimate of drug-likeness (QED) is 0.847. The van der Waals surface area contributed by atoms with Gasteiger partial charge in [-0.3, -0.25) is 4.79 Å². The van der Waals surface area contributed by atoms with Gasteiger partial charge in [0, 0.05) is 19.9 Å². The smallest absolute Gasteiger partial charge is 0.249 e. The van der Waals surface area contributed by atoms with Crippen molar-refractivity contribution in [1.82, 2.24) is 15.0 Å². The summed E-state index contributed by atoms with van der Waals surface area (Å²) in [6.45, 7) is 2.64. The maximum Gasteiger partial charge on any atom is 0.249 e. The van der Waals surface area contributed by atoms with E-state index in [1.807, 2.05) is 0 Å². The molecule has 23 heavy (non-hydrogen) atoms. The topological polar surface area (TPSA) is 68.5 Å². The number of nitrogens with zero attached hydrogens (tertiary/aromatic N) is 3. The second-order valence-corrected chi connectivity index (χ2v) is 5.47. The van der Waals surface area contributed by atoms with Gasteiger partial charge in [-0.05, 0) is 37.1 Å². The van der Waals surface area contributed by atoms with Gasteiger partial charge in [-0.2, -0.15) is 4.98 Å². The zero-order valence-electron chi connectivity index (χ0n) is 12.9. The van der Waals surface area contributed by atoms with Crippen molar-refractivity contribution >= 4 is 5.91 Å². The maximum atomic E-state index is 12.8. The summed E-state index contributed by atoms with van der Waals surface area (Å²) in [4.78, 5) is 17.7. The SMILES string of the molecule is CC(=O)N1CCC[C@H]1c1nc(CCOc2ccc(F)cc2)no1. The number of hydrogen-bond donors (Lipinski definition) is 0. The van der Waals surface area contributed by atoms with Crippen LogP contribution < -0.4 is 4.74 Å². The van der Waals surface area contributed by atoms with Crippen LogP contribution in [0.25, 0.3) is 0 Å². The highest BCUT2D eigenvalue weighted by molar-refractivity contribution is 5.73. The van der Waals surface area contributed by atoms with Crippen LogP contribution >= 0.6 is 0 Å². The highest BCUT2D eigenvalue weighted by Crippen LogP contribution is 2.30. The Bertz CT molecular complexity index is 671. The third-order valence-electron chi connectivity index (χ3n) is 3.83. The minimum absolute atomic E-state index is 0.0203. The molecule has 1 saturated heterocycles. The van der Waals surface area contributed by atoms with Crippen molar-refractivity contribution in [3.8, 4) is 5.75 Å². The molecule has 1 aliphatic rings. The monoisotopic (exact) mass is 319 g/mol. The lowest BCUT2D eigenvalue weighted by atomic mass is 10.2. The molecule has 0 aliphatic carbocycles. The second kappa shape index (κ2) is 6.76. The summed E-state index contributed by atoms with van der Waals surface area (Å²) in [6, 6.07) is 5.71. The van der Waals surface area contributed by atoms with Crippen molar-refractivity contribution in [2.24, 2.45) is 0 Å². The molecule has 3 rings (SSSR count). The minimum atomic E-state index is -0.299. The summed E-state index contributed by atoms with van der Waals surface area (Å²) in [5.41, 5.74) is 0. The first kappa shape index (κ1) is 15.5.